The molecule has 1 aliphatic rings. The molecule has 1 amide bonds. The first-order valence-electron chi connectivity index (χ1n) is 9.95. The minimum Gasteiger partial charge on any atom is -0.275 e. The summed E-state index contributed by atoms with van der Waals surface area (Å²) in [4.78, 5) is 20.6. The minimum atomic E-state index is -0.980. The second-order valence-electron chi connectivity index (χ2n) is 7.23. The number of hydrogen-bond acceptors (Lipinski definition) is 2. The van der Waals surface area contributed by atoms with Crippen LogP contribution < -0.4 is 4.90 Å². The second kappa shape index (κ2) is 7.45. The second-order valence-corrected chi connectivity index (χ2v) is 7.23. The summed E-state index contributed by atoms with van der Waals surface area (Å²) in [7, 11) is 0. The molecule has 3 heteroatoms. The van der Waals surface area contributed by atoms with Crippen LogP contribution in [0.25, 0.3) is 0 Å². The van der Waals surface area contributed by atoms with Gasteiger partial charge in [-0.05, 0) is 23.8 Å². The predicted molar refractivity (Wildman–Crippen MR) is 121 cm³/mol. The van der Waals surface area contributed by atoms with Crippen LogP contribution in [0.1, 0.15) is 27.0 Å². The minimum absolute atomic E-state index is 0.0501. The Morgan fingerprint density at radius 1 is 0.667 bits per heavy atom. The number of para-hydroxylation sites is 1. The molecule has 0 N–H and O–H groups in total. The molecule has 1 atom stereocenters. The highest BCUT2D eigenvalue weighted by atomic mass is 16.2. The lowest BCUT2D eigenvalue weighted by atomic mass is 9.90. The molecule has 3 nitrogen and oxygen atoms in total. The van der Waals surface area contributed by atoms with Crippen LogP contribution in [0.5, 0.6) is 0 Å². The zero-order valence-corrected chi connectivity index (χ0v) is 16.3. The molecular formula is C27H20N2O. The Kier molecular flexibility index (Phi) is 4.49. The van der Waals surface area contributed by atoms with Crippen LogP contribution in [0.15, 0.2) is 120 Å². The van der Waals surface area contributed by atoms with Crippen molar-refractivity contribution in [1.82, 2.24) is 0 Å². The fourth-order valence-corrected chi connectivity index (χ4v) is 4.11. The van der Waals surface area contributed by atoms with Gasteiger partial charge in [0.2, 0.25) is 0 Å². The summed E-state index contributed by atoms with van der Waals surface area (Å²) >= 11 is 0. The van der Waals surface area contributed by atoms with Gasteiger partial charge in [0.1, 0.15) is 0 Å². The van der Waals surface area contributed by atoms with E-state index in [9.17, 15) is 4.79 Å². The number of nitrogens with zero attached hydrogens (tertiary/aromatic N) is 2. The highest BCUT2D eigenvalue weighted by Gasteiger charge is 2.51. The maximum Gasteiger partial charge on any atom is 0.261 e. The van der Waals surface area contributed by atoms with Crippen molar-refractivity contribution < 1.29 is 4.79 Å². The maximum absolute atomic E-state index is 13.6. The van der Waals surface area contributed by atoms with Crippen LogP contribution in [0.4, 0.5) is 5.69 Å². The number of anilines is 1. The summed E-state index contributed by atoms with van der Waals surface area (Å²) in [6.45, 7) is 0. The van der Waals surface area contributed by atoms with Gasteiger partial charge in [0.15, 0.2) is 5.66 Å². The summed E-state index contributed by atoms with van der Waals surface area (Å²) in [5.74, 6) is -0.0501. The molecule has 4 aromatic carbocycles. The van der Waals surface area contributed by atoms with E-state index in [1.807, 2.05) is 126 Å². The normalized spacial score (nSPS) is 18.0. The van der Waals surface area contributed by atoms with Crippen molar-refractivity contribution in [3.05, 3.63) is 138 Å². The van der Waals surface area contributed by atoms with Crippen LogP contribution in [-0.4, -0.2) is 12.1 Å². The first-order valence-corrected chi connectivity index (χ1v) is 9.95. The van der Waals surface area contributed by atoms with Crippen molar-refractivity contribution >= 4 is 17.8 Å². The Morgan fingerprint density at radius 3 is 1.93 bits per heavy atom. The van der Waals surface area contributed by atoms with E-state index in [1.165, 1.54) is 0 Å². The monoisotopic (exact) mass is 388 g/mol. The number of carbonyl (C=O) groups is 1. The SMILES string of the molecule is O=C1c2ccccc2[C@](N=Cc2ccccc2)(c2ccccc2)N1c1ccccc1. The highest BCUT2D eigenvalue weighted by molar-refractivity contribution is 6.13. The third kappa shape index (κ3) is 2.83. The topological polar surface area (TPSA) is 32.7 Å². The van der Waals surface area contributed by atoms with Crippen molar-refractivity contribution in [3.8, 4) is 0 Å². The van der Waals surface area contributed by atoms with Crippen molar-refractivity contribution in [2.75, 3.05) is 4.90 Å². The molecule has 0 saturated heterocycles. The van der Waals surface area contributed by atoms with Gasteiger partial charge in [0.05, 0.1) is 0 Å². The Morgan fingerprint density at radius 2 is 1.23 bits per heavy atom. The molecular weight excluding hydrogens is 368 g/mol. The van der Waals surface area contributed by atoms with E-state index in [0.29, 0.717) is 5.56 Å². The third-order valence-electron chi connectivity index (χ3n) is 5.45. The number of rotatable bonds is 4. The van der Waals surface area contributed by atoms with Crippen molar-refractivity contribution in [2.24, 2.45) is 4.99 Å². The summed E-state index contributed by atoms with van der Waals surface area (Å²) in [6.07, 6.45) is 1.86. The molecule has 0 saturated carbocycles. The Bertz CT molecular complexity index is 1200. The number of fused-ring (bicyclic) bond motifs is 1. The molecule has 4 aromatic rings. The first-order chi connectivity index (χ1) is 14.8. The standard InChI is InChI=1S/C27H20N2O/c30-26-24-18-10-11-19-25(24)27(22-14-6-2-7-15-22,28-20-21-12-4-1-5-13-21)29(26)23-16-8-3-9-17-23/h1-20H/t27-/m0/s1. The lowest BCUT2D eigenvalue weighted by molar-refractivity contribution is 0.0983. The average Bonchev–Trinajstić information content (AvgIpc) is 3.08. The fraction of sp³-hybridized carbons (Fsp3) is 0.0370. The van der Waals surface area contributed by atoms with Crippen LogP contribution in [0, 0.1) is 0 Å². The molecule has 0 spiro atoms. The number of amides is 1. The number of benzene rings is 4. The van der Waals surface area contributed by atoms with Crippen molar-refractivity contribution in [2.45, 2.75) is 5.66 Å². The van der Waals surface area contributed by atoms with Gasteiger partial charge in [-0.3, -0.25) is 14.7 Å². The lowest BCUT2D eigenvalue weighted by Gasteiger charge is -2.36. The van der Waals surface area contributed by atoms with Gasteiger partial charge in [-0.1, -0.05) is 97.1 Å². The lowest BCUT2D eigenvalue weighted by Crippen LogP contribution is -2.43. The van der Waals surface area contributed by atoms with Gasteiger partial charge in [-0.25, -0.2) is 0 Å². The van der Waals surface area contributed by atoms with E-state index in [-0.39, 0.29) is 5.91 Å². The molecule has 0 fully saturated rings. The number of carbonyl (C=O) groups excluding carboxylic acids is 1. The zero-order valence-electron chi connectivity index (χ0n) is 16.3. The van der Waals surface area contributed by atoms with Gasteiger partial charge >= 0.3 is 0 Å². The average molecular weight is 388 g/mol. The summed E-state index contributed by atoms with van der Waals surface area (Å²) in [5, 5.41) is 0. The Balaban J connectivity index is 1.82. The predicted octanol–water partition coefficient (Wildman–Crippen LogP) is 5.67. The van der Waals surface area contributed by atoms with E-state index in [1.54, 1.807) is 0 Å². The van der Waals surface area contributed by atoms with E-state index in [0.717, 1.165) is 22.4 Å². The van der Waals surface area contributed by atoms with Gasteiger partial charge in [0, 0.05) is 28.6 Å². The largest absolute Gasteiger partial charge is 0.275 e. The van der Waals surface area contributed by atoms with Crippen LogP contribution in [0.3, 0.4) is 0 Å². The summed E-state index contributed by atoms with van der Waals surface area (Å²) in [6, 6.07) is 37.5. The Hall–Kier alpha value is -3.98. The highest BCUT2D eigenvalue weighted by Crippen LogP contribution is 2.47. The molecule has 1 heterocycles. The number of hydrogen-bond donors (Lipinski definition) is 0. The summed E-state index contributed by atoms with van der Waals surface area (Å²) < 4.78 is 0. The van der Waals surface area contributed by atoms with Crippen molar-refractivity contribution in [3.63, 3.8) is 0 Å². The van der Waals surface area contributed by atoms with Gasteiger partial charge in [0.25, 0.3) is 5.91 Å². The molecule has 0 aromatic heterocycles. The first kappa shape index (κ1) is 18.1. The van der Waals surface area contributed by atoms with E-state index < -0.39 is 5.66 Å². The maximum atomic E-state index is 13.6. The summed E-state index contributed by atoms with van der Waals surface area (Å²) in [5.41, 5.74) is 3.32. The van der Waals surface area contributed by atoms with Crippen LogP contribution >= 0.6 is 0 Å². The molecule has 144 valence electrons. The molecule has 0 unspecified atom stereocenters. The van der Waals surface area contributed by atoms with Crippen LogP contribution in [0.2, 0.25) is 0 Å². The third-order valence-corrected chi connectivity index (χ3v) is 5.45. The quantitative estimate of drug-likeness (QED) is 0.415. The van der Waals surface area contributed by atoms with E-state index in [4.69, 9.17) is 4.99 Å². The number of aliphatic imine (C=N–C) groups is 1. The smallest absolute Gasteiger partial charge is 0.261 e. The van der Waals surface area contributed by atoms with E-state index >= 15 is 0 Å². The van der Waals surface area contributed by atoms with Crippen molar-refractivity contribution in [1.29, 1.82) is 0 Å². The van der Waals surface area contributed by atoms with Crippen LogP contribution in [-0.2, 0) is 5.66 Å². The molecule has 0 aliphatic carbocycles. The molecule has 1 aliphatic heterocycles. The van der Waals surface area contributed by atoms with Gasteiger partial charge in [-0.2, -0.15) is 0 Å². The molecule has 0 radical (unpaired) electrons. The fourth-order valence-electron chi connectivity index (χ4n) is 4.11. The van der Waals surface area contributed by atoms with E-state index in [2.05, 4.69) is 0 Å². The van der Waals surface area contributed by atoms with Gasteiger partial charge in [-0.15, -0.1) is 0 Å². The van der Waals surface area contributed by atoms with Gasteiger partial charge < -0.3 is 0 Å². The zero-order chi connectivity index (χ0) is 20.4. The molecule has 30 heavy (non-hydrogen) atoms. The molecule has 0 bridgehead atoms. The molecule has 5 rings (SSSR count). The Labute approximate surface area is 176 Å².